The molecule has 1 aliphatic heterocycles. The van der Waals surface area contributed by atoms with E-state index in [-0.39, 0.29) is 0 Å². The zero-order valence-corrected chi connectivity index (χ0v) is 8.64. The molecule has 3 heterocycles. The monoisotopic (exact) mass is 208 g/mol. The van der Waals surface area contributed by atoms with Crippen molar-refractivity contribution < 1.29 is 4.42 Å². The van der Waals surface area contributed by atoms with E-state index in [0.29, 0.717) is 0 Å². The summed E-state index contributed by atoms with van der Waals surface area (Å²) in [5, 5.41) is 4.26. The molecule has 2 aromatic rings. The Morgan fingerprint density at radius 3 is 3.00 bits per heavy atom. The van der Waals surface area contributed by atoms with Crippen LogP contribution in [0.4, 0.5) is 5.88 Å². The second-order valence-corrected chi connectivity index (χ2v) is 4.51. The third-order valence-corrected chi connectivity index (χ3v) is 3.36. The molecular formula is C10H12N2OS. The average molecular weight is 208 g/mol. The SMILES string of the molecule is c1cc2oc(NN3CCCC3)cc2s1. The van der Waals surface area contributed by atoms with Crippen molar-refractivity contribution in [2.45, 2.75) is 12.8 Å². The van der Waals surface area contributed by atoms with E-state index in [9.17, 15) is 0 Å². The van der Waals surface area contributed by atoms with Crippen molar-refractivity contribution in [1.82, 2.24) is 5.01 Å². The summed E-state index contributed by atoms with van der Waals surface area (Å²) in [5.41, 5.74) is 4.27. The van der Waals surface area contributed by atoms with Crippen molar-refractivity contribution >= 4 is 27.5 Å². The normalized spacial score (nSPS) is 18.0. The number of nitrogens with one attached hydrogen (secondary N) is 1. The van der Waals surface area contributed by atoms with Crippen molar-refractivity contribution in [3.05, 3.63) is 17.5 Å². The summed E-state index contributed by atoms with van der Waals surface area (Å²) < 4.78 is 6.84. The minimum absolute atomic E-state index is 0.869. The van der Waals surface area contributed by atoms with Gasteiger partial charge in [0.1, 0.15) is 5.58 Å². The lowest BCUT2D eigenvalue weighted by atomic mass is 10.4. The van der Waals surface area contributed by atoms with E-state index in [2.05, 4.69) is 16.5 Å². The highest BCUT2D eigenvalue weighted by Gasteiger charge is 2.13. The Hall–Kier alpha value is -1.00. The van der Waals surface area contributed by atoms with Crippen LogP contribution in [0.3, 0.4) is 0 Å². The first-order valence-corrected chi connectivity index (χ1v) is 5.78. The second-order valence-electron chi connectivity index (χ2n) is 3.57. The van der Waals surface area contributed by atoms with Crippen molar-refractivity contribution in [3.63, 3.8) is 0 Å². The smallest absolute Gasteiger partial charge is 0.209 e. The summed E-state index contributed by atoms with van der Waals surface area (Å²) in [6, 6.07) is 4.08. The first-order valence-electron chi connectivity index (χ1n) is 4.90. The van der Waals surface area contributed by atoms with Crippen LogP contribution in [0, 0.1) is 0 Å². The first kappa shape index (κ1) is 8.32. The molecule has 1 aliphatic rings. The number of anilines is 1. The van der Waals surface area contributed by atoms with Gasteiger partial charge in [0.05, 0.1) is 4.70 Å². The number of hydrogen-bond acceptors (Lipinski definition) is 4. The minimum atomic E-state index is 0.869. The van der Waals surface area contributed by atoms with Crippen LogP contribution in [0.5, 0.6) is 0 Å². The molecule has 1 saturated heterocycles. The van der Waals surface area contributed by atoms with Crippen LogP contribution < -0.4 is 5.43 Å². The van der Waals surface area contributed by atoms with E-state index < -0.39 is 0 Å². The molecule has 74 valence electrons. The molecule has 0 aliphatic carbocycles. The van der Waals surface area contributed by atoms with Crippen molar-refractivity contribution in [1.29, 1.82) is 0 Å². The number of thiophene rings is 1. The van der Waals surface area contributed by atoms with E-state index >= 15 is 0 Å². The number of rotatable bonds is 2. The molecule has 1 fully saturated rings. The van der Waals surface area contributed by atoms with Crippen LogP contribution in [-0.2, 0) is 0 Å². The van der Waals surface area contributed by atoms with Gasteiger partial charge in [0.25, 0.3) is 0 Å². The standard InChI is InChI=1S/C10H12N2OS/c1-2-5-12(4-1)11-10-7-9-8(13-10)3-6-14-9/h3,6-7,11H,1-2,4-5H2. The third kappa shape index (κ3) is 1.40. The highest BCUT2D eigenvalue weighted by molar-refractivity contribution is 7.17. The van der Waals surface area contributed by atoms with Crippen LogP contribution in [0.15, 0.2) is 21.9 Å². The van der Waals surface area contributed by atoms with Gasteiger partial charge in [-0.25, -0.2) is 5.01 Å². The lowest BCUT2D eigenvalue weighted by Gasteiger charge is -2.14. The fraction of sp³-hybridized carbons (Fsp3) is 0.400. The molecule has 0 atom stereocenters. The average Bonchev–Trinajstić information content (AvgIpc) is 2.78. The molecule has 0 unspecified atom stereocenters. The predicted molar refractivity (Wildman–Crippen MR) is 58.5 cm³/mol. The Morgan fingerprint density at radius 1 is 1.36 bits per heavy atom. The van der Waals surface area contributed by atoms with Crippen molar-refractivity contribution in [2.24, 2.45) is 0 Å². The van der Waals surface area contributed by atoms with Crippen molar-refractivity contribution in [2.75, 3.05) is 18.5 Å². The van der Waals surface area contributed by atoms with Crippen LogP contribution in [0.2, 0.25) is 0 Å². The second kappa shape index (κ2) is 3.29. The van der Waals surface area contributed by atoms with Gasteiger partial charge in [-0.3, -0.25) is 5.43 Å². The summed E-state index contributed by atoms with van der Waals surface area (Å²) in [6.45, 7) is 2.24. The van der Waals surface area contributed by atoms with Crippen molar-refractivity contribution in [3.8, 4) is 0 Å². The van der Waals surface area contributed by atoms with E-state index in [0.717, 1.165) is 24.6 Å². The van der Waals surface area contributed by atoms with Gasteiger partial charge in [-0.1, -0.05) is 0 Å². The number of hydrogen-bond donors (Lipinski definition) is 1. The number of furan rings is 1. The molecule has 4 heteroatoms. The van der Waals surface area contributed by atoms with Gasteiger partial charge >= 0.3 is 0 Å². The Morgan fingerprint density at radius 2 is 2.21 bits per heavy atom. The summed E-state index contributed by atoms with van der Waals surface area (Å²) in [5.74, 6) is 0.869. The van der Waals surface area contributed by atoms with Gasteiger partial charge < -0.3 is 4.42 Å². The van der Waals surface area contributed by atoms with E-state index in [1.54, 1.807) is 11.3 Å². The van der Waals surface area contributed by atoms with Gasteiger partial charge in [-0.2, -0.15) is 0 Å². The lowest BCUT2D eigenvalue weighted by Crippen LogP contribution is -2.25. The summed E-state index contributed by atoms with van der Waals surface area (Å²) in [7, 11) is 0. The fourth-order valence-electron chi connectivity index (χ4n) is 1.81. The molecule has 0 aromatic carbocycles. The van der Waals surface area contributed by atoms with Gasteiger partial charge in [0.2, 0.25) is 5.88 Å². The highest BCUT2D eigenvalue weighted by Crippen LogP contribution is 2.28. The highest BCUT2D eigenvalue weighted by atomic mass is 32.1. The Balaban J connectivity index is 1.80. The molecule has 1 N–H and O–H groups in total. The summed E-state index contributed by atoms with van der Waals surface area (Å²) >= 11 is 1.71. The number of hydrazine groups is 1. The van der Waals surface area contributed by atoms with E-state index in [1.165, 1.54) is 17.5 Å². The maximum Gasteiger partial charge on any atom is 0.209 e. The maximum atomic E-state index is 5.63. The maximum absolute atomic E-state index is 5.63. The van der Waals surface area contributed by atoms with Crippen LogP contribution in [-0.4, -0.2) is 18.1 Å². The Bertz CT molecular complexity index is 399. The summed E-state index contributed by atoms with van der Waals surface area (Å²) in [4.78, 5) is 0. The molecule has 0 bridgehead atoms. The molecule has 0 radical (unpaired) electrons. The first-order chi connectivity index (χ1) is 6.92. The quantitative estimate of drug-likeness (QED) is 0.822. The molecule has 0 saturated carbocycles. The third-order valence-electron chi connectivity index (χ3n) is 2.51. The van der Waals surface area contributed by atoms with Gasteiger partial charge in [0.15, 0.2) is 0 Å². The zero-order chi connectivity index (χ0) is 9.38. The molecule has 14 heavy (non-hydrogen) atoms. The molecule has 0 amide bonds. The largest absolute Gasteiger partial charge is 0.438 e. The van der Waals surface area contributed by atoms with Gasteiger partial charge in [-0.05, 0) is 24.3 Å². The van der Waals surface area contributed by atoms with Gasteiger partial charge in [-0.15, -0.1) is 11.3 Å². The molecule has 3 nitrogen and oxygen atoms in total. The topological polar surface area (TPSA) is 28.4 Å². The number of nitrogens with zero attached hydrogens (tertiary/aromatic N) is 1. The Labute approximate surface area is 86.3 Å². The minimum Gasteiger partial charge on any atom is -0.438 e. The summed E-state index contributed by atoms with van der Waals surface area (Å²) in [6.07, 6.45) is 2.56. The van der Waals surface area contributed by atoms with Crippen LogP contribution >= 0.6 is 11.3 Å². The zero-order valence-electron chi connectivity index (χ0n) is 7.82. The molecule has 0 spiro atoms. The van der Waals surface area contributed by atoms with Gasteiger partial charge in [0, 0.05) is 19.2 Å². The van der Waals surface area contributed by atoms with E-state index in [4.69, 9.17) is 4.42 Å². The Kier molecular flexibility index (Phi) is 1.96. The predicted octanol–water partition coefficient (Wildman–Crippen LogP) is 2.92. The lowest BCUT2D eigenvalue weighted by molar-refractivity contribution is 0.392. The van der Waals surface area contributed by atoms with E-state index in [1.807, 2.05) is 11.4 Å². The molecule has 3 rings (SSSR count). The fourth-order valence-corrected chi connectivity index (χ4v) is 2.54. The number of fused-ring (bicyclic) bond motifs is 1. The molecular weight excluding hydrogens is 196 g/mol. The van der Waals surface area contributed by atoms with Crippen LogP contribution in [0.25, 0.3) is 10.3 Å². The van der Waals surface area contributed by atoms with Crippen LogP contribution in [0.1, 0.15) is 12.8 Å². The molecule has 2 aromatic heterocycles.